The number of pyridine rings is 1. The van der Waals surface area contributed by atoms with E-state index in [1.165, 1.54) is 18.5 Å². The highest BCUT2D eigenvalue weighted by Gasteiger charge is 2.15. The van der Waals surface area contributed by atoms with Crippen LogP contribution in [0.25, 0.3) is 0 Å². The molecule has 0 spiro atoms. The summed E-state index contributed by atoms with van der Waals surface area (Å²) in [6.45, 7) is 2.63. The molecule has 1 heterocycles. The number of hydrogen-bond donors (Lipinski definition) is 2. The minimum atomic E-state index is -3.61. The summed E-state index contributed by atoms with van der Waals surface area (Å²) in [6.07, 6.45) is 3.10. The molecule has 1 rings (SSSR count). The first-order valence-electron chi connectivity index (χ1n) is 6.53. The number of nitrogens with one attached hydrogen (secondary N) is 1. The Hall–Kier alpha value is -1.46. The van der Waals surface area contributed by atoms with Crippen LogP contribution in [-0.4, -0.2) is 45.4 Å². The number of rotatable bonds is 7. The summed E-state index contributed by atoms with van der Waals surface area (Å²) in [4.78, 5) is 3.96. The van der Waals surface area contributed by atoms with E-state index in [2.05, 4.69) is 21.5 Å². The second kappa shape index (κ2) is 8.74. The molecule has 0 aliphatic rings. The molecular weight excluding hydrogens is 292 g/mol. The van der Waals surface area contributed by atoms with Crippen molar-refractivity contribution < 1.29 is 18.3 Å². The van der Waals surface area contributed by atoms with Gasteiger partial charge in [-0.25, -0.2) is 13.1 Å². The summed E-state index contributed by atoms with van der Waals surface area (Å²) in [6, 6.07) is 1.46. The van der Waals surface area contributed by atoms with Crippen molar-refractivity contribution in [2.75, 3.05) is 26.9 Å². The summed E-state index contributed by atoms with van der Waals surface area (Å²) in [5.74, 6) is 5.56. The Morgan fingerprint density at radius 1 is 1.48 bits per heavy atom. The first-order valence-corrected chi connectivity index (χ1v) is 8.01. The third kappa shape index (κ3) is 6.23. The molecule has 0 bridgehead atoms. The van der Waals surface area contributed by atoms with Crippen LogP contribution in [0.15, 0.2) is 23.4 Å². The molecule has 1 atom stereocenters. The molecule has 0 fully saturated rings. The molecule has 1 aromatic heterocycles. The molecule has 0 aromatic carbocycles. The van der Waals surface area contributed by atoms with E-state index < -0.39 is 10.0 Å². The molecule has 0 aliphatic heterocycles. The molecule has 2 N–H and O–H groups in total. The topological polar surface area (TPSA) is 88.5 Å². The van der Waals surface area contributed by atoms with Crippen LogP contribution in [0, 0.1) is 17.8 Å². The Balaban J connectivity index is 2.79. The van der Waals surface area contributed by atoms with Crippen LogP contribution in [0.1, 0.15) is 18.9 Å². The molecular formula is C14H20N2O4S. The van der Waals surface area contributed by atoms with Gasteiger partial charge in [-0.05, 0) is 12.0 Å². The van der Waals surface area contributed by atoms with Crippen LogP contribution in [-0.2, 0) is 14.8 Å². The molecule has 21 heavy (non-hydrogen) atoms. The van der Waals surface area contributed by atoms with Gasteiger partial charge in [-0.15, -0.1) is 0 Å². The van der Waals surface area contributed by atoms with Crippen molar-refractivity contribution in [2.24, 2.45) is 5.92 Å². The third-order valence-electron chi connectivity index (χ3n) is 2.57. The highest BCUT2D eigenvalue weighted by Crippen LogP contribution is 2.09. The number of aliphatic hydroxyl groups is 1. The van der Waals surface area contributed by atoms with Gasteiger partial charge in [0.15, 0.2) is 0 Å². The second-order valence-corrected chi connectivity index (χ2v) is 6.36. The number of sulfonamides is 1. The lowest BCUT2D eigenvalue weighted by Crippen LogP contribution is -2.30. The van der Waals surface area contributed by atoms with Crippen molar-refractivity contribution in [3.8, 4) is 11.8 Å². The largest absolute Gasteiger partial charge is 0.395 e. The number of nitrogens with zero attached hydrogens (tertiary/aromatic N) is 1. The van der Waals surface area contributed by atoms with Crippen molar-refractivity contribution in [1.82, 2.24) is 9.71 Å². The average molecular weight is 312 g/mol. The van der Waals surface area contributed by atoms with Gasteiger partial charge in [-0.2, -0.15) is 0 Å². The molecule has 0 radical (unpaired) electrons. The predicted octanol–water partition coefficient (Wildman–Crippen LogP) is 0.376. The van der Waals surface area contributed by atoms with Gasteiger partial charge >= 0.3 is 0 Å². The van der Waals surface area contributed by atoms with Crippen molar-refractivity contribution in [1.29, 1.82) is 0 Å². The maximum Gasteiger partial charge on any atom is 0.242 e. The normalized spacial score (nSPS) is 12.5. The zero-order valence-electron chi connectivity index (χ0n) is 12.2. The Morgan fingerprint density at radius 2 is 2.24 bits per heavy atom. The zero-order valence-corrected chi connectivity index (χ0v) is 13.0. The van der Waals surface area contributed by atoms with Crippen molar-refractivity contribution in [3.05, 3.63) is 24.0 Å². The van der Waals surface area contributed by atoms with Crippen LogP contribution >= 0.6 is 0 Å². The van der Waals surface area contributed by atoms with Crippen molar-refractivity contribution in [3.63, 3.8) is 0 Å². The standard InChI is InChI=1S/C14H20N2O4S/c1-12(11-20-2)8-16-21(18,19)14-7-13(9-15-10-14)5-3-4-6-17/h7,9-10,12,16-17H,4,6,8,11H2,1-2H3. The number of aromatic nitrogens is 1. The van der Waals surface area contributed by atoms with Crippen molar-refractivity contribution in [2.45, 2.75) is 18.2 Å². The predicted molar refractivity (Wildman–Crippen MR) is 79.0 cm³/mol. The molecule has 6 nitrogen and oxygen atoms in total. The van der Waals surface area contributed by atoms with E-state index in [1.807, 2.05) is 6.92 Å². The van der Waals surface area contributed by atoms with E-state index in [9.17, 15) is 8.42 Å². The Bertz CT molecular complexity index is 605. The smallest absolute Gasteiger partial charge is 0.242 e. The van der Waals surface area contributed by atoms with Gasteiger partial charge in [0.05, 0.1) is 6.61 Å². The first kappa shape index (κ1) is 17.6. The fraction of sp³-hybridized carbons (Fsp3) is 0.500. The molecule has 0 aliphatic carbocycles. The first-order chi connectivity index (χ1) is 9.99. The van der Waals surface area contributed by atoms with Crippen LogP contribution < -0.4 is 4.72 Å². The molecule has 1 unspecified atom stereocenters. The van der Waals surface area contributed by atoms with Gasteiger partial charge in [0.25, 0.3) is 0 Å². The maximum atomic E-state index is 12.1. The van der Waals surface area contributed by atoms with Crippen LogP contribution in [0.5, 0.6) is 0 Å². The van der Waals surface area contributed by atoms with Gasteiger partial charge < -0.3 is 9.84 Å². The molecule has 0 saturated carbocycles. The second-order valence-electron chi connectivity index (χ2n) is 4.60. The monoisotopic (exact) mass is 312 g/mol. The highest BCUT2D eigenvalue weighted by molar-refractivity contribution is 7.89. The Morgan fingerprint density at radius 3 is 2.90 bits per heavy atom. The fourth-order valence-corrected chi connectivity index (χ4v) is 2.69. The number of aliphatic hydroxyl groups excluding tert-OH is 1. The van der Waals surface area contributed by atoms with Crippen LogP contribution in [0.2, 0.25) is 0 Å². The maximum absolute atomic E-state index is 12.1. The lowest BCUT2D eigenvalue weighted by Gasteiger charge is -2.11. The van der Waals surface area contributed by atoms with Crippen molar-refractivity contribution >= 4 is 10.0 Å². The summed E-state index contributed by atoms with van der Waals surface area (Å²) >= 11 is 0. The fourth-order valence-electron chi connectivity index (χ4n) is 1.53. The molecule has 0 saturated heterocycles. The zero-order chi connectivity index (χ0) is 15.7. The van der Waals surface area contributed by atoms with E-state index >= 15 is 0 Å². The molecule has 7 heteroatoms. The average Bonchev–Trinajstić information content (AvgIpc) is 2.46. The van der Waals surface area contributed by atoms with Gasteiger partial charge in [0.2, 0.25) is 10.0 Å². The van der Waals surface area contributed by atoms with E-state index in [4.69, 9.17) is 9.84 Å². The number of ether oxygens (including phenoxy) is 1. The lowest BCUT2D eigenvalue weighted by atomic mass is 10.2. The van der Waals surface area contributed by atoms with Gasteiger partial charge in [-0.1, -0.05) is 18.8 Å². The van der Waals surface area contributed by atoms with Gasteiger partial charge in [0.1, 0.15) is 4.90 Å². The minimum Gasteiger partial charge on any atom is -0.395 e. The molecule has 1 aromatic rings. The van der Waals surface area contributed by atoms with E-state index in [0.717, 1.165) is 0 Å². The van der Waals surface area contributed by atoms with E-state index in [1.54, 1.807) is 7.11 Å². The van der Waals surface area contributed by atoms with E-state index in [0.29, 0.717) is 18.6 Å². The summed E-state index contributed by atoms with van der Waals surface area (Å²) in [5.41, 5.74) is 0.497. The molecule has 116 valence electrons. The van der Waals surface area contributed by atoms with E-state index in [-0.39, 0.29) is 24.0 Å². The summed E-state index contributed by atoms with van der Waals surface area (Å²) in [7, 11) is -2.04. The number of hydrogen-bond acceptors (Lipinski definition) is 5. The summed E-state index contributed by atoms with van der Waals surface area (Å²) in [5, 5.41) is 8.66. The number of methoxy groups -OCH3 is 1. The van der Waals surface area contributed by atoms with Crippen LogP contribution in [0.4, 0.5) is 0 Å². The highest BCUT2D eigenvalue weighted by atomic mass is 32.2. The third-order valence-corrected chi connectivity index (χ3v) is 3.96. The quantitative estimate of drug-likeness (QED) is 0.711. The lowest BCUT2D eigenvalue weighted by molar-refractivity contribution is 0.161. The van der Waals surface area contributed by atoms with Crippen LogP contribution in [0.3, 0.4) is 0 Å². The molecule has 0 amide bonds. The van der Waals surface area contributed by atoms with Gasteiger partial charge in [0, 0.05) is 44.6 Å². The minimum absolute atomic E-state index is 0.0304. The SMILES string of the molecule is COCC(C)CNS(=O)(=O)c1cncc(C#CCCO)c1. The Kier molecular flexibility index (Phi) is 7.32. The summed E-state index contributed by atoms with van der Waals surface area (Å²) < 4.78 is 31.8. The van der Waals surface area contributed by atoms with Gasteiger partial charge in [-0.3, -0.25) is 4.98 Å². The Labute approximate surface area is 125 Å².